The molecule has 0 aliphatic carbocycles. The number of nitrogens with zero attached hydrogens (tertiary/aromatic N) is 1. The van der Waals surface area contributed by atoms with Crippen molar-refractivity contribution in [2.75, 3.05) is 0 Å². The summed E-state index contributed by atoms with van der Waals surface area (Å²) in [6.07, 6.45) is 1.78. The van der Waals surface area contributed by atoms with Crippen LogP contribution in [0, 0.1) is 12.7 Å². The first-order valence-electron chi connectivity index (χ1n) is 6.54. The minimum atomic E-state index is -0.244. The van der Waals surface area contributed by atoms with Gasteiger partial charge in [-0.25, -0.2) is 4.39 Å². The van der Waals surface area contributed by atoms with Crippen molar-refractivity contribution >= 4 is 10.8 Å². The van der Waals surface area contributed by atoms with E-state index in [4.69, 9.17) is 5.73 Å². The minimum Gasteiger partial charge on any atom is -0.325 e. The number of pyridine rings is 1. The summed E-state index contributed by atoms with van der Waals surface area (Å²) in [6, 6.07) is 12.6. The largest absolute Gasteiger partial charge is 0.325 e. The van der Waals surface area contributed by atoms with Gasteiger partial charge in [-0.2, -0.15) is 0 Å². The lowest BCUT2D eigenvalue weighted by Gasteiger charge is -2.12. The van der Waals surface area contributed by atoms with Crippen LogP contribution in [0.5, 0.6) is 0 Å². The Morgan fingerprint density at radius 1 is 1.15 bits per heavy atom. The predicted molar refractivity (Wildman–Crippen MR) is 79.8 cm³/mol. The third-order valence-electron chi connectivity index (χ3n) is 3.53. The fraction of sp³-hybridized carbons (Fsp3) is 0.118. The monoisotopic (exact) mass is 266 g/mol. The lowest BCUT2D eigenvalue weighted by atomic mass is 9.96. The topological polar surface area (TPSA) is 38.9 Å². The first-order chi connectivity index (χ1) is 9.70. The summed E-state index contributed by atoms with van der Waals surface area (Å²) in [5.74, 6) is -0.244. The van der Waals surface area contributed by atoms with Gasteiger partial charge in [-0.3, -0.25) is 4.98 Å². The molecular formula is C17H15FN2. The number of hydrogen-bond donors (Lipinski definition) is 1. The van der Waals surface area contributed by atoms with Crippen molar-refractivity contribution in [1.82, 2.24) is 4.98 Å². The van der Waals surface area contributed by atoms with Gasteiger partial charge in [0, 0.05) is 23.7 Å². The number of aryl methyl sites for hydroxylation is 1. The highest BCUT2D eigenvalue weighted by Gasteiger charge is 2.10. The van der Waals surface area contributed by atoms with E-state index in [1.165, 1.54) is 12.1 Å². The molecule has 0 fully saturated rings. The SMILES string of the molecule is Cc1cccc2c(-c3cccc(F)c3)cnc(CN)c12. The van der Waals surface area contributed by atoms with Gasteiger partial charge in [-0.1, -0.05) is 30.3 Å². The van der Waals surface area contributed by atoms with Gasteiger partial charge >= 0.3 is 0 Å². The molecule has 0 spiro atoms. The highest BCUT2D eigenvalue weighted by molar-refractivity contribution is 5.99. The van der Waals surface area contributed by atoms with E-state index >= 15 is 0 Å². The Hall–Kier alpha value is -2.26. The van der Waals surface area contributed by atoms with Crippen molar-refractivity contribution in [2.24, 2.45) is 5.73 Å². The van der Waals surface area contributed by atoms with Crippen LogP contribution in [-0.2, 0) is 6.54 Å². The van der Waals surface area contributed by atoms with Gasteiger partial charge in [0.15, 0.2) is 0 Å². The van der Waals surface area contributed by atoms with Gasteiger partial charge in [-0.05, 0) is 35.6 Å². The molecule has 0 radical (unpaired) electrons. The molecule has 20 heavy (non-hydrogen) atoms. The minimum absolute atomic E-state index is 0.244. The molecule has 3 aromatic rings. The van der Waals surface area contributed by atoms with Gasteiger partial charge in [0.2, 0.25) is 0 Å². The van der Waals surface area contributed by atoms with Gasteiger partial charge < -0.3 is 5.73 Å². The first kappa shape index (κ1) is 12.8. The quantitative estimate of drug-likeness (QED) is 0.766. The zero-order chi connectivity index (χ0) is 14.1. The number of hydrogen-bond acceptors (Lipinski definition) is 2. The summed E-state index contributed by atoms with van der Waals surface area (Å²) in [5.41, 5.74) is 9.54. The maximum atomic E-state index is 13.4. The summed E-state index contributed by atoms with van der Waals surface area (Å²) >= 11 is 0. The second-order valence-corrected chi connectivity index (χ2v) is 4.83. The molecular weight excluding hydrogens is 251 g/mol. The molecule has 3 rings (SSSR count). The second kappa shape index (κ2) is 5.02. The van der Waals surface area contributed by atoms with Crippen molar-refractivity contribution in [2.45, 2.75) is 13.5 Å². The van der Waals surface area contributed by atoms with E-state index in [0.717, 1.165) is 33.2 Å². The average molecular weight is 266 g/mol. The van der Waals surface area contributed by atoms with Crippen LogP contribution in [-0.4, -0.2) is 4.98 Å². The lowest BCUT2D eigenvalue weighted by molar-refractivity contribution is 0.628. The highest BCUT2D eigenvalue weighted by Crippen LogP contribution is 2.31. The molecule has 0 aliphatic rings. The Labute approximate surface area is 117 Å². The van der Waals surface area contributed by atoms with Crippen LogP contribution < -0.4 is 5.73 Å². The Balaban J connectivity index is 2.36. The Kier molecular flexibility index (Phi) is 3.20. The van der Waals surface area contributed by atoms with E-state index in [0.29, 0.717) is 6.54 Å². The van der Waals surface area contributed by atoms with E-state index in [1.54, 1.807) is 12.3 Å². The molecule has 0 bridgehead atoms. The van der Waals surface area contributed by atoms with Gasteiger partial charge in [0.25, 0.3) is 0 Å². The van der Waals surface area contributed by atoms with E-state index < -0.39 is 0 Å². The number of benzene rings is 2. The molecule has 0 saturated carbocycles. The lowest BCUT2D eigenvalue weighted by Crippen LogP contribution is -2.02. The molecule has 0 unspecified atom stereocenters. The standard InChI is InChI=1S/C17H15FN2/c1-11-4-2-7-14-15(10-20-16(9-19)17(11)14)12-5-3-6-13(18)8-12/h2-8,10H,9,19H2,1H3. The van der Waals surface area contributed by atoms with Crippen LogP contribution in [0.15, 0.2) is 48.7 Å². The summed E-state index contributed by atoms with van der Waals surface area (Å²) in [5, 5.41) is 2.13. The fourth-order valence-electron chi connectivity index (χ4n) is 2.59. The number of fused-ring (bicyclic) bond motifs is 1. The molecule has 0 amide bonds. The molecule has 1 heterocycles. The molecule has 3 heteroatoms. The summed E-state index contributed by atoms with van der Waals surface area (Å²) in [6.45, 7) is 2.43. The second-order valence-electron chi connectivity index (χ2n) is 4.83. The third-order valence-corrected chi connectivity index (χ3v) is 3.53. The average Bonchev–Trinajstić information content (AvgIpc) is 2.46. The molecule has 0 saturated heterocycles. The van der Waals surface area contributed by atoms with Gasteiger partial charge in [-0.15, -0.1) is 0 Å². The van der Waals surface area contributed by atoms with Crippen molar-refractivity contribution in [1.29, 1.82) is 0 Å². The van der Waals surface area contributed by atoms with Crippen molar-refractivity contribution in [3.63, 3.8) is 0 Å². The first-order valence-corrected chi connectivity index (χ1v) is 6.54. The number of halogens is 1. The predicted octanol–water partition coefficient (Wildman–Crippen LogP) is 3.81. The Morgan fingerprint density at radius 3 is 2.70 bits per heavy atom. The van der Waals surface area contributed by atoms with Crippen LogP contribution in [0.25, 0.3) is 21.9 Å². The normalized spacial score (nSPS) is 10.9. The molecule has 2 aromatic carbocycles. The van der Waals surface area contributed by atoms with Crippen molar-refractivity contribution in [3.8, 4) is 11.1 Å². The van der Waals surface area contributed by atoms with Crippen LogP contribution in [0.1, 0.15) is 11.3 Å². The van der Waals surface area contributed by atoms with Gasteiger partial charge in [0.05, 0.1) is 5.69 Å². The third kappa shape index (κ3) is 2.06. The number of rotatable bonds is 2. The summed E-state index contributed by atoms with van der Waals surface area (Å²) in [7, 11) is 0. The molecule has 100 valence electrons. The van der Waals surface area contributed by atoms with Crippen molar-refractivity contribution in [3.05, 3.63) is 65.7 Å². The molecule has 2 N–H and O–H groups in total. The maximum Gasteiger partial charge on any atom is 0.123 e. The van der Waals surface area contributed by atoms with Crippen LogP contribution in [0.3, 0.4) is 0 Å². The zero-order valence-corrected chi connectivity index (χ0v) is 11.2. The van der Waals surface area contributed by atoms with E-state index in [9.17, 15) is 4.39 Å². The van der Waals surface area contributed by atoms with Crippen LogP contribution >= 0.6 is 0 Å². The molecule has 0 aliphatic heterocycles. The number of aromatic nitrogens is 1. The van der Waals surface area contributed by atoms with E-state index in [2.05, 4.69) is 4.98 Å². The van der Waals surface area contributed by atoms with Crippen LogP contribution in [0.2, 0.25) is 0 Å². The Morgan fingerprint density at radius 2 is 1.95 bits per heavy atom. The number of nitrogens with two attached hydrogens (primary N) is 1. The molecule has 0 atom stereocenters. The smallest absolute Gasteiger partial charge is 0.123 e. The van der Waals surface area contributed by atoms with E-state index in [-0.39, 0.29) is 5.82 Å². The zero-order valence-electron chi connectivity index (χ0n) is 11.2. The highest BCUT2D eigenvalue weighted by atomic mass is 19.1. The maximum absolute atomic E-state index is 13.4. The Bertz CT molecular complexity index is 781. The van der Waals surface area contributed by atoms with E-state index in [1.807, 2.05) is 31.2 Å². The molecule has 1 aromatic heterocycles. The van der Waals surface area contributed by atoms with Crippen LogP contribution in [0.4, 0.5) is 4.39 Å². The molecule has 2 nitrogen and oxygen atoms in total. The summed E-state index contributed by atoms with van der Waals surface area (Å²) < 4.78 is 13.4. The fourth-order valence-corrected chi connectivity index (χ4v) is 2.59. The van der Waals surface area contributed by atoms with Gasteiger partial charge in [0.1, 0.15) is 5.82 Å². The van der Waals surface area contributed by atoms with Crippen molar-refractivity contribution < 1.29 is 4.39 Å². The summed E-state index contributed by atoms with van der Waals surface area (Å²) in [4.78, 5) is 4.44.